The van der Waals surface area contributed by atoms with Crippen LogP contribution in [0.15, 0.2) is 30.7 Å². The van der Waals surface area contributed by atoms with E-state index in [4.69, 9.17) is 21.1 Å². The second kappa shape index (κ2) is 12.7. The van der Waals surface area contributed by atoms with Crippen molar-refractivity contribution in [1.82, 2.24) is 15.3 Å². The third-order valence-corrected chi connectivity index (χ3v) is 7.54. The van der Waals surface area contributed by atoms with Gasteiger partial charge in [0, 0.05) is 74.7 Å². The van der Waals surface area contributed by atoms with Crippen molar-refractivity contribution >= 4 is 23.1 Å². The number of methoxy groups -OCH3 is 1. The van der Waals surface area contributed by atoms with Crippen LogP contribution in [-0.4, -0.2) is 61.6 Å². The molecule has 1 saturated heterocycles. The standard InChI is InChI=1S/C27H37ClN6O2/c1-19(16-35-2)33-21-3-5-22(6-4-21)34-26-12-24(25(28)15-31-26)20-11-23(14-30-13-20)32-18-27(17-29)7-9-36-10-8-27/h11-15,19,21-22,32-33H,3-10,16,18H2,1-2H3,(H,31,34)/t19-,21?,22?/m0/s1. The molecule has 2 aromatic heterocycles. The molecule has 36 heavy (non-hydrogen) atoms. The van der Waals surface area contributed by atoms with Crippen LogP contribution in [0.5, 0.6) is 0 Å². The first-order valence-electron chi connectivity index (χ1n) is 12.9. The van der Waals surface area contributed by atoms with Gasteiger partial charge in [-0.05, 0) is 57.6 Å². The molecule has 0 spiro atoms. The summed E-state index contributed by atoms with van der Waals surface area (Å²) in [6.07, 6.45) is 11.2. The molecule has 2 aliphatic rings. The Balaban J connectivity index is 1.37. The molecule has 3 heterocycles. The summed E-state index contributed by atoms with van der Waals surface area (Å²) in [4.78, 5) is 8.95. The summed E-state index contributed by atoms with van der Waals surface area (Å²) in [6.45, 7) is 4.72. The van der Waals surface area contributed by atoms with E-state index in [0.29, 0.717) is 42.9 Å². The Kier molecular flexibility index (Phi) is 9.38. The minimum Gasteiger partial charge on any atom is -0.383 e. The van der Waals surface area contributed by atoms with Crippen LogP contribution in [0.2, 0.25) is 5.02 Å². The largest absolute Gasteiger partial charge is 0.383 e. The zero-order valence-corrected chi connectivity index (χ0v) is 22.0. The summed E-state index contributed by atoms with van der Waals surface area (Å²) in [5.74, 6) is 0.822. The average molecular weight is 513 g/mol. The topological polar surface area (TPSA) is 104 Å². The highest BCUT2D eigenvalue weighted by molar-refractivity contribution is 6.33. The van der Waals surface area contributed by atoms with Gasteiger partial charge in [0.15, 0.2) is 0 Å². The van der Waals surface area contributed by atoms with Gasteiger partial charge < -0.3 is 25.4 Å². The predicted octanol–water partition coefficient (Wildman–Crippen LogP) is 4.88. The van der Waals surface area contributed by atoms with Crippen molar-refractivity contribution in [3.05, 3.63) is 35.7 Å². The van der Waals surface area contributed by atoms with E-state index < -0.39 is 5.41 Å². The lowest BCUT2D eigenvalue weighted by atomic mass is 9.81. The molecule has 1 aliphatic heterocycles. The van der Waals surface area contributed by atoms with Gasteiger partial charge in [0.1, 0.15) is 5.82 Å². The van der Waals surface area contributed by atoms with E-state index in [0.717, 1.165) is 67.8 Å². The SMILES string of the molecule is COC[C@H](C)NC1CCC(Nc2cc(-c3cncc(NCC4(C#N)CCOCC4)c3)c(Cl)cn2)CC1. The van der Waals surface area contributed by atoms with Crippen molar-refractivity contribution in [3.63, 3.8) is 0 Å². The molecule has 1 aliphatic carbocycles. The van der Waals surface area contributed by atoms with Gasteiger partial charge in [0.05, 0.1) is 28.8 Å². The smallest absolute Gasteiger partial charge is 0.126 e. The van der Waals surface area contributed by atoms with Crippen molar-refractivity contribution in [2.24, 2.45) is 5.41 Å². The van der Waals surface area contributed by atoms with Gasteiger partial charge >= 0.3 is 0 Å². The van der Waals surface area contributed by atoms with E-state index in [2.05, 4.69) is 38.9 Å². The molecular weight excluding hydrogens is 476 g/mol. The molecule has 1 saturated carbocycles. The third-order valence-electron chi connectivity index (χ3n) is 7.24. The predicted molar refractivity (Wildman–Crippen MR) is 143 cm³/mol. The fourth-order valence-electron chi connectivity index (χ4n) is 5.10. The van der Waals surface area contributed by atoms with Crippen molar-refractivity contribution in [2.45, 2.75) is 63.6 Å². The Morgan fingerprint density at radius 2 is 1.92 bits per heavy atom. The zero-order valence-electron chi connectivity index (χ0n) is 21.2. The lowest BCUT2D eigenvalue weighted by Gasteiger charge is -2.32. The summed E-state index contributed by atoms with van der Waals surface area (Å²) in [7, 11) is 1.74. The summed E-state index contributed by atoms with van der Waals surface area (Å²) in [5.41, 5.74) is 2.25. The second-order valence-electron chi connectivity index (χ2n) is 10.1. The maximum absolute atomic E-state index is 9.73. The Hall–Kier alpha value is -2.44. The second-order valence-corrected chi connectivity index (χ2v) is 10.5. The molecule has 0 amide bonds. The summed E-state index contributed by atoms with van der Waals surface area (Å²) in [6, 6.07) is 7.81. The molecule has 8 nitrogen and oxygen atoms in total. The zero-order chi connectivity index (χ0) is 25.4. The fraction of sp³-hybridized carbons (Fsp3) is 0.593. The molecule has 3 N–H and O–H groups in total. The number of ether oxygens (including phenoxy) is 2. The average Bonchev–Trinajstić information content (AvgIpc) is 2.90. The number of pyridine rings is 2. The minimum atomic E-state index is -0.407. The van der Waals surface area contributed by atoms with E-state index in [9.17, 15) is 5.26 Å². The number of rotatable bonds is 10. The highest BCUT2D eigenvalue weighted by atomic mass is 35.5. The van der Waals surface area contributed by atoms with Crippen LogP contribution in [0.3, 0.4) is 0 Å². The molecule has 194 valence electrons. The van der Waals surface area contributed by atoms with Gasteiger partial charge in [-0.3, -0.25) is 4.98 Å². The first kappa shape index (κ1) is 26.6. The highest BCUT2D eigenvalue weighted by Crippen LogP contribution is 2.33. The monoisotopic (exact) mass is 512 g/mol. The van der Waals surface area contributed by atoms with Crippen LogP contribution in [0, 0.1) is 16.7 Å². The van der Waals surface area contributed by atoms with Gasteiger partial charge in [0.25, 0.3) is 0 Å². The molecule has 2 aromatic rings. The molecule has 2 fully saturated rings. The molecule has 4 rings (SSSR count). The van der Waals surface area contributed by atoms with E-state index in [1.54, 1.807) is 19.5 Å². The van der Waals surface area contributed by atoms with Gasteiger partial charge in [-0.1, -0.05) is 11.6 Å². The van der Waals surface area contributed by atoms with Gasteiger partial charge in [-0.15, -0.1) is 0 Å². The molecule has 0 unspecified atom stereocenters. The number of nitriles is 1. The van der Waals surface area contributed by atoms with Crippen LogP contribution in [-0.2, 0) is 9.47 Å². The van der Waals surface area contributed by atoms with Crippen LogP contribution >= 0.6 is 11.6 Å². The molecule has 9 heteroatoms. The van der Waals surface area contributed by atoms with Crippen LogP contribution in [0.1, 0.15) is 45.4 Å². The number of nitrogens with zero attached hydrogens (tertiary/aromatic N) is 3. The normalized spacial score (nSPS) is 22.4. The number of anilines is 2. The number of aromatic nitrogens is 2. The quantitative estimate of drug-likeness (QED) is 0.414. The summed E-state index contributed by atoms with van der Waals surface area (Å²) < 4.78 is 10.7. The number of nitrogens with one attached hydrogen (secondary N) is 3. The summed E-state index contributed by atoms with van der Waals surface area (Å²) in [5, 5.41) is 21.0. The lowest BCUT2D eigenvalue weighted by molar-refractivity contribution is 0.0456. The Morgan fingerprint density at radius 3 is 2.64 bits per heavy atom. The first-order chi connectivity index (χ1) is 17.5. The minimum absolute atomic E-state index is 0.367. The highest BCUT2D eigenvalue weighted by Gasteiger charge is 2.32. The number of halogens is 1. The molecule has 0 aromatic carbocycles. The Labute approximate surface area is 219 Å². The Morgan fingerprint density at radius 1 is 1.17 bits per heavy atom. The summed E-state index contributed by atoms with van der Waals surface area (Å²) >= 11 is 6.55. The maximum Gasteiger partial charge on any atom is 0.126 e. The van der Waals surface area contributed by atoms with E-state index in [1.165, 1.54) is 0 Å². The molecule has 1 atom stereocenters. The van der Waals surface area contributed by atoms with Crippen molar-refractivity contribution in [2.75, 3.05) is 44.1 Å². The van der Waals surface area contributed by atoms with Crippen molar-refractivity contribution in [3.8, 4) is 17.2 Å². The Bertz CT molecular complexity index is 1030. The molecule has 0 radical (unpaired) electrons. The van der Waals surface area contributed by atoms with E-state index in [-0.39, 0.29) is 0 Å². The van der Waals surface area contributed by atoms with Gasteiger partial charge in [-0.25, -0.2) is 4.98 Å². The van der Waals surface area contributed by atoms with Crippen LogP contribution < -0.4 is 16.0 Å². The third kappa shape index (κ3) is 7.07. The van der Waals surface area contributed by atoms with Crippen molar-refractivity contribution < 1.29 is 9.47 Å². The number of hydrogen-bond donors (Lipinski definition) is 3. The molecular formula is C27H37ClN6O2. The van der Waals surface area contributed by atoms with Gasteiger partial charge in [-0.2, -0.15) is 5.26 Å². The van der Waals surface area contributed by atoms with E-state index in [1.807, 2.05) is 18.3 Å². The number of hydrogen-bond acceptors (Lipinski definition) is 8. The van der Waals surface area contributed by atoms with Crippen molar-refractivity contribution in [1.29, 1.82) is 5.26 Å². The maximum atomic E-state index is 9.73. The lowest BCUT2D eigenvalue weighted by Crippen LogP contribution is -2.42. The van der Waals surface area contributed by atoms with Gasteiger partial charge in [0.2, 0.25) is 0 Å². The van der Waals surface area contributed by atoms with Crippen LogP contribution in [0.4, 0.5) is 11.5 Å². The van der Waals surface area contributed by atoms with E-state index >= 15 is 0 Å². The first-order valence-corrected chi connectivity index (χ1v) is 13.2. The fourth-order valence-corrected chi connectivity index (χ4v) is 5.31. The molecule has 0 bridgehead atoms. The van der Waals surface area contributed by atoms with Crippen LogP contribution in [0.25, 0.3) is 11.1 Å².